The van der Waals surface area contributed by atoms with Gasteiger partial charge in [-0.15, -0.1) is 0 Å². The fourth-order valence-corrected chi connectivity index (χ4v) is 2.40. The highest BCUT2D eigenvalue weighted by atomic mass is 16.5. The molecular weight excluding hydrogens is 230 g/mol. The summed E-state index contributed by atoms with van der Waals surface area (Å²) in [5.41, 5.74) is 7.75. The molecule has 0 aromatic carbocycles. The number of anilines is 1. The Kier molecular flexibility index (Phi) is 4.01. The molecule has 1 aromatic heterocycles. The first-order valence-corrected chi connectivity index (χ1v) is 6.59. The van der Waals surface area contributed by atoms with Gasteiger partial charge < -0.3 is 10.3 Å². The first kappa shape index (κ1) is 13.1. The maximum absolute atomic E-state index is 12.2. The predicted molar refractivity (Wildman–Crippen MR) is 69.2 cm³/mol. The molecule has 1 amide bonds. The molecule has 3 N–H and O–H groups in total. The van der Waals surface area contributed by atoms with E-state index in [0.29, 0.717) is 5.88 Å². The van der Waals surface area contributed by atoms with Crippen LogP contribution in [0.15, 0.2) is 4.52 Å². The summed E-state index contributed by atoms with van der Waals surface area (Å²) in [6.07, 6.45) is 5.13. The number of nitrogens with one attached hydrogen (secondary N) is 1. The van der Waals surface area contributed by atoms with Crippen molar-refractivity contribution in [2.45, 2.75) is 52.0 Å². The van der Waals surface area contributed by atoms with Crippen LogP contribution in [0.4, 0.5) is 5.88 Å². The number of aryl methyl sites for hydroxylation is 1. The van der Waals surface area contributed by atoms with Crippen molar-refractivity contribution in [1.82, 2.24) is 5.16 Å². The topological polar surface area (TPSA) is 81.2 Å². The maximum atomic E-state index is 12.2. The van der Waals surface area contributed by atoms with Gasteiger partial charge in [0.05, 0.1) is 11.6 Å². The van der Waals surface area contributed by atoms with Gasteiger partial charge in [0.15, 0.2) is 0 Å². The summed E-state index contributed by atoms with van der Waals surface area (Å²) in [4.78, 5) is 12.2. The monoisotopic (exact) mass is 251 g/mol. The predicted octanol–water partition coefficient (Wildman–Crippen LogP) is 2.14. The highest BCUT2D eigenvalue weighted by Gasteiger charge is 2.28. The van der Waals surface area contributed by atoms with Crippen molar-refractivity contribution in [3.05, 3.63) is 11.3 Å². The van der Waals surface area contributed by atoms with Gasteiger partial charge in [0.25, 0.3) is 0 Å². The van der Waals surface area contributed by atoms with Gasteiger partial charge in [-0.3, -0.25) is 10.1 Å². The lowest BCUT2D eigenvalue weighted by molar-refractivity contribution is -0.120. The average molecular weight is 251 g/mol. The third-order valence-electron chi connectivity index (χ3n) is 3.80. The van der Waals surface area contributed by atoms with Crippen LogP contribution in [-0.4, -0.2) is 17.1 Å². The molecule has 100 valence electrons. The first-order chi connectivity index (χ1) is 8.59. The molecule has 1 fully saturated rings. The second-order valence-electron chi connectivity index (χ2n) is 5.12. The van der Waals surface area contributed by atoms with E-state index in [2.05, 4.69) is 10.5 Å². The summed E-state index contributed by atoms with van der Waals surface area (Å²) in [6, 6.07) is -0.0446. The van der Waals surface area contributed by atoms with Crippen LogP contribution in [0.3, 0.4) is 0 Å². The minimum absolute atomic E-state index is 0.0383. The summed E-state index contributed by atoms with van der Waals surface area (Å²) in [5, 5.41) is 6.64. The van der Waals surface area contributed by atoms with Crippen LogP contribution in [0, 0.1) is 19.8 Å². The number of carbonyl (C=O) groups excluding carboxylic acids is 1. The van der Waals surface area contributed by atoms with E-state index in [0.717, 1.165) is 43.4 Å². The van der Waals surface area contributed by atoms with E-state index in [9.17, 15) is 4.79 Å². The minimum atomic E-state index is -0.114. The first-order valence-electron chi connectivity index (χ1n) is 6.59. The molecule has 1 aromatic rings. The molecule has 1 aliphatic rings. The summed E-state index contributed by atoms with van der Waals surface area (Å²) in [7, 11) is 0. The number of nitrogens with zero attached hydrogens (tertiary/aromatic N) is 1. The SMILES string of the molecule is Cc1noc(NC(=O)C2CCCCCC2N)c1C. The van der Waals surface area contributed by atoms with E-state index in [1.54, 1.807) is 0 Å². The van der Waals surface area contributed by atoms with Crippen molar-refractivity contribution in [3.8, 4) is 0 Å². The molecule has 2 atom stereocenters. The Hall–Kier alpha value is -1.36. The number of aromatic nitrogens is 1. The summed E-state index contributed by atoms with van der Waals surface area (Å²) in [5.74, 6) is 0.301. The van der Waals surface area contributed by atoms with E-state index >= 15 is 0 Å². The molecule has 5 nitrogen and oxygen atoms in total. The molecule has 18 heavy (non-hydrogen) atoms. The van der Waals surface area contributed by atoms with Crippen molar-refractivity contribution in [2.75, 3.05) is 5.32 Å². The van der Waals surface area contributed by atoms with Gasteiger partial charge in [0.2, 0.25) is 11.8 Å². The molecular formula is C13H21N3O2. The third kappa shape index (κ3) is 2.72. The molecule has 5 heteroatoms. The third-order valence-corrected chi connectivity index (χ3v) is 3.80. The lowest BCUT2D eigenvalue weighted by Crippen LogP contribution is -2.37. The Balaban J connectivity index is 2.04. The molecule has 0 radical (unpaired) electrons. The molecule has 1 heterocycles. The molecule has 2 unspecified atom stereocenters. The second kappa shape index (κ2) is 5.52. The molecule has 0 aliphatic heterocycles. The second-order valence-corrected chi connectivity index (χ2v) is 5.12. The number of amides is 1. The molecule has 0 saturated heterocycles. The zero-order chi connectivity index (χ0) is 13.1. The lowest BCUT2D eigenvalue weighted by atomic mass is 9.94. The normalized spacial score (nSPS) is 24.6. The Morgan fingerprint density at radius 1 is 1.33 bits per heavy atom. The van der Waals surface area contributed by atoms with E-state index in [1.165, 1.54) is 0 Å². The van der Waals surface area contributed by atoms with Crippen molar-refractivity contribution in [2.24, 2.45) is 11.7 Å². The zero-order valence-corrected chi connectivity index (χ0v) is 11.0. The summed E-state index contributed by atoms with van der Waals surface area (Å²) >= 11 is 0. The van der Waals surface area contributed by atoms with Crippen LogP contribution in [0.5, 0.6) is 0 Å². The van der Waals surface area contributed by atoms with Crippen LogP contribution >= 0.6 is 0 Å². The highest BCUT2D eigenvalue weighted by Crippen LogP contribution is 2.25. The van der Waals surface area contributed by atoms with Gasteiger partial charge in [0.1, 0.15) is 0 Å². The van der Waals surface area contributed by atoms with Crippen molar-refractivity contribution in [1.29, 1.82) is 0 Å². The van der Waals surface area contributed by atoms with Gasteiger partial charge in [0, 0.05) is 11.6 Å². The minimum Gasteiger partial charge on any atom is -0.338 e. The molecule has 1 saturated carbocycles. The van der Waals surface area contributed by atoms with E-state index in [1.807, 2.05) is 13.8 Å². The molecule has 1 aliphatic carbocycles. The van der Waals surface area contributed by atoms with Crippen molar-refractivity contribution >= 4 is 11.8 Å². The number of carbonyl (C=O) groups is 1. The molecule has 0 bridgehead atoms. The van der Waals surface area contributed by atoms with Crippen LogP contribution in [0.25, 0.3) is 0 Å². The fraction of sp³-hybridized carbons (Fsp3) is 0.692. The standard InChI is InChI=1S/C13H21N3O2/c1-8-9(2)16-18-13(8)15-12(17)10-6-4-3-5-7-11(10)14/h10-11H,3-7,14H2,1-2H3,(H,15,17). The lowest BCUT2D eigenvalue weighted by Gasteiger charge is -2.19. The Labute approximate surface area is 107 Å². The van der Waals surface area contributed by atoms with E-state index in [-0.39, 0.29) is 17.9 Å². The van der Waals surface area contributed by atoms with Crippen molar-refractivity contribution < 1.29 is 9.32 Å². The van der Waals surface area contributed by atoms with Gasteiger partial charge in [-0.1, -0.05) is 24.4 Å². The van der Waals surface area contributed by atoms with Crippen LogP contribution in [0.2, 0.25) is 0 Å². The number of hydrogen-bond acceptors (Lipinski definition) is 4. The van der Waals surface area contributed by atoms with Crippen LogP contribution in [0.1, 0.15) is 43.4 Å². The maximum Gasteiger partial charge on any atom is 0.234 e. The van der Waals surface area contributed by atoms with Crippen LogP contribution in [-0.2, 0) is 4.79 Å². The number of hydrogen-bond donors (Lipinski definition) is 2. The largest absolute Gasteiger partial charge is 0.338 e. The number of rotatable bonds is 2. The zero-order valence-electron chi connectivity index (χ0n) is 11.0. The van der Waals surface area contributed by atoms with Crippen molar-refractivity contribution in [3.63, 3.8) is 0 Å². The van der Waals surface area contributed by atoms with Crippen LogP contribution < -0.4 is 11.1 Å². The van der Waals surface area contributed by atoms with Gasteiger partial charge in [-0.05, 0) is 26.7 Å². The summed E-state index contributed by atoms with van der Waals surface area (Å²) in [6.45, 7) is 3.74. The highest BCUT2D eigenvalue weighted by molar-refractivity contribution is 5.92. The van der Waals surface area contributed by atoms with Gasteiger partial charge in [-0.2, -0.15) is 0 Å². The smallest absolute Gasteiger partial charge is 0.234 e. The number of nitrogens with two attached hydrogens (primary N) is 1. The Morgan fingerprint density at radius 2 is 2.06 bits per heavy atom. The molecule has 2 rings (SSSR count). The Morgan fingerprint density at radius 3 is 2.72 bits per heavy atom. The van der Waals surface area contributed by atoms with E-state index < -0.39 is 0 Å². The van der Waals surface area contributed by atoms with Gasteiger partial charge >= 0.3 is 0 Å². The van der Waals surface area contributed by atoms with E-state index in [4.69, 9.17) is 10.3 Å². The Bertz CT molecular complexity index is 428. The van der Waals surface area contributed by atoms with Gasteiger partial charge in [-0.25, -0.2) is 0 Å². The molecule has 0 spiro atoms. The quantitative estimate of drug-likeness (QED) is 0.789. The average Bonchev–Trinajstić information content (AvgIpc) is 2.57. The fourth-order valence-electron chi connectivity index (χ4n) is 2.40. The summed E-state index contributed by atoms with van der Waals surface area (Å²) < 4.78 is 5.10.